The maximum atomic E-state index is 12.6. The summed E-state index contributed by atoms with van der Waals surface area (Å²) in [7, 11) is 1.80. The van der Waals surface area contributed by atoms with E-state index in [9.17, 15) is 13.2 Å². The predicted octanol–water partition coefficient (Wildman–Crippen LogP) is 3.97. The van der Waals surface area contributed by atoms with Gasteiger partial charge in [0.05, 0.1) is 11.3 Å². The molecule has 1 aromatic carbocycles. The standard InChI is InChI=1S/C12H11F3N2S.ClH/c1-16-6-11-17-10(7-18-11)8-3-2-4-9(5-8)12(13,14)15;/h2-5,7,16H,6H2,1H3;1H. The second-order valence-corrected chi connectivity index (χ2v) is 4.68. The summed E-state index contributed by atoms with van der Waals surface area (Å²) in [5.74, 6) is 0. The maximum Gasteiger partial charge on any atom is 0.416 e. The van der Waals surface area contributed by atoms with E-state index in [-0.39, 0.29) is 12.4 Å². The highest BCUT2D eigenvalue weighted by molar-refractivity contribution is 7.09. The number of hydrogen-bond donors (Lipinski definition) is 1. The van der Waals surface area contributed by atoms with Gasteiger partial charge in [-0.1, -0.05) is 12.1 Å². The molecule has 0 aliphatic heterocycles. The van der Waals surface area contributed by atoms with Gasteiger partial charge in [-0.2, -0.15) is 13.2 Å². The summed E-state index contributed by atoms with van der Waals surface area (Å²) >= 11 is 1.43. The Labute approximate surface area is 119 Å². The average Bonchev–Trinajstić information content (AvgIpc) is 2.77. The van der Waals surface area contributed by atoms with E-state index in [1.54, 1.807) is 18.5 Å². The SMILES string of the molecule is CNCc1nc(-c2cccc(C(F)(F)F)c2)cs1.Cl. The van der Waals surface area contributed by atoms with E-state index >= 15 is 0 Å². The van der Waals surface area contributed by atoms with Crippen LogP contribution >= 0.6 is 23.7 Å². The number of benzene rings is 1. The third-order valence-corrected chi connectivity index (χ3v) is 3.21. The van der Waals surface area contributed by atoms with Crippen LogP contribution in [-0.4, -0.2) is 12.0 Å². The van der Waals surface area contributed by atoms with E-state index in [4.69, 9.17) is 0 Å². The van der Waals surface area contributed by atoms with E-state index in [1.807, 2.05) is 0 Å². The van der Waals surface area contributed by atoms with Gasteiger partial charge < -0.3 is 5.32 Å². The topological polar surface area (TPSA) is 24.9 Å². The monoisotopic (exact) mass is 308 g/mol. The van der Waals surface area contributed by atoms with Crippen molar-refractivity contribution in [3.05, 3.63) is 40.2 Å². The zero-order valence-electron chi connectivity index (χ0n) is 9.99. The molecule has 0 aliphatic rings. The molecule has 0 atom stereocenters. The molecule has 0 fully saturated rings. The molecule has 0 amide bonds. The largest absolute Gasteiger partial charge is 0.416 e. The fraction of sp³-hybridized carbons (Fsp3) is 0.250. The molecule has 0 spiro atoms. The quantitative estimate of drug-likeness (QED) is 0.928. The summed E-state index contributed by atoms with van der Waals surface area (Å²) in [6.07, 6.45) is -4.32. The number of aromatic nitrogens is 1. The Morgan fingerprint density at radius 3 is 2.68 bits per heavy atom. The molecule has 2 rings (SSSR count). The predicted molar refractivity (Wildman–Crippen MR) is 72.6 cm³/mol. The van der Waals surface area contributed by atoms with Crippen LogP contribution in [0.1, 0.15) is 10.6 Å². The molecule has 1 aromatic heterocycles. The van der Waals surface area contributed by atoms with E-state index in [0.717, 1.165) is 17.1 Å². The first-order valence-corrected chi connectivity index (χ1v) is 6.15. The number of nitrogens with one attached hydrogen (secondary N) is 1. The van der Waals surface area contributed by atoms with Gasteiger partial charge in [-0.05, 0) is 19.2 Å². The number of thiazole rings is 1. The molecule has 7 heteroatoms. The summed E-state index contributed by atoms with van der Waals surface area (Å²) in [4.78, 5) is 4.28. The van der Waals surface area contributed by atoms with Crippen molar-refractivity contribution in [1.82, 2.24) is 10.3 Å². The average molecular weight is 309 g/mol. The molecular formula is C12H12ClF3N2S. The minimum absolute atomic E-state index is 0. The lowest BCUT2D eigenvalue weighted by Gasteiger charge is -2.07. The van der Waals surface area contributed by atoms with Crippen LogP contribution in [0.4, 0.5) is 13.2 Å². The van der Waals surface area contributed by atoms with Crippen molar-refractivity contribution in [2.75, 3.05) is 7.05 Å². The molecule has 1 heterocycles. The summed E-state index contributed by atoms with van der Waals surface area (Å²) in [5.41, 5.74) is 0.419. The number of hydrogen-bond acceptors (Lipinski definition) is 3. The molecule has 0 bridgehead atoms. The van der Waals surface area contributed by atoms with Crippen LogP contribution < -0.4 is 5.32 Å². The van der Waals surface area contributed by atoms with Crippen molar-refractivity contribution in [3.63, 3.8) is 0 Å². The van der Waals surface area contributed by atoms with Gasteiger partial charge in [-0.15, -0.1) is 23.7 Å². The zero-order valence-corrected chi connectivity index (χ0v) is 11.6. The van der Waals surface area contributed by atoms with Gasteiger partial charge >= 0.3 is 6.18 Å². The number of rotatable bonds is 3. The molecular weight excluding hydrogens is 297 g/mol. The van der Waals surface area contributed by atoms with Gasteiger partial charge in [0.2, 0.25) is 0 Å². The molecule has 0 saturated heterocycles. The molecule has 2 aromatic rings. The number of halogens is 4. The molecule has 0 saturated carbocycles. The normalized spacial score (nSPS) is 11.2. The van der Waals surface area contributed by atoms with Crippen molar-refractivity contribution in [1.29, 1.82) is 0 Å². The van der Waals surface area contributed by atoms with Gasteiger partial charge in [0, 0.05) is 17.5 Å². The first-order chi connectivity index (χ1) is 8.50. The van der Waals surface area contributed by atoms with Crippen LogP contribution in [0.3, 0.4) is 0 Å². The first kappa shape index (κ1) is 15.9. The van der Waals surface area contributed by atoms with Gasteiger partial charge in [-0.25, -0.2) is 4.98 Å². The summed E-state index contributed by atoms with van der Waals surface area (Å²) in [5, 5.41) is 5.57. The number of alkyl halides is 3. The molecule has 104 valence electrons. The minimum atomic E-state index is -4.32. The van der Waals surface area contributed by atoms with Gasteiger partial charge in [0.1, 0.15) is 5.01 Å². The summed E-state index contributed by atoms with van der Waals surface area (Å²) < 4.78 is 37.7. The lowest BCUT2D eigenvalue weighted by molar-refractivity contribution is -0.137. The van der Waals surface area contributed by atoms with Crippen molar-refractivity contribution < 1.29 is 13.2 Å². The van der Waals surface area contributed by atoms with Crippen LogP contribution in [0.2, 0.25) is 0 Å². The second-order valence-electron chi connectivity index (χ2n) is 3.74. The molecule has 19 heavy (non-hydrogen) atoms. The highest BCUT2D eigenvalue weighted by Crippen LogP contribution is 2.32. The van der Waals surface area contributed by atoms with Crippen molar-refractivity contribution >= 4 is 23.7 Å². The highest BCUT2D eigenvalue weighted by atomic mass is 35.5. The third kappa shape index (κ3) is 3.92. The molecule has 1 N–H and O–H groups in total. The Hall–Kier alpha value is -1.11. The maximum absolute atomic E-state index is 12.6. The van der Waals surface area contributed by atoms with E-state index in [0.29, 0.717) is 17.8 Å². The molecule has 0 aliphatic carbocycles. The van der Waals surface area contributed by atoms with Gasteiger partial charge in [0.15, 0.2) is 0 Å². The second kappa shape index (κ2) is 6.36. The fourth-order valence-corrected chi connectivity index (χ4v) is 2.35. The Morgan fingerprint density at radius 2 is 2.05 bits per heavy atom. The van der Waals surface area contributed by atoms with Crippen LogP contribution in [-0.2, 0) is 12.7 Å². The van der Waals surface area contributed by atoms with E-state index < -0.39 is 11.7 Å². The van der Waals surface area contributed by atoms with Crippen LogP contribution in [0.5, 0.6) is 0 Å². The molecule has 0 radical (unpaired) electrons. The van der Waals surface area contributed by atoms with Crippen molar-refractivity contribution in [2.45, 2.75) is 12.7 Å². The van der Waals surface area contributed by atoms with E-state index in [1.165, 1.54) is 17.4 Å². The van der Waals surface area contributed by atoms with Crippen LogP contribution in [0, 0.1) is 0 Å². The molecule has 0 unspecified atom stereocenters. The Morgan fingerprint density at radius 1 is 1.32 bits per heavy atom. The lowest BCUT2D eigenvalue weighted by atomic mass is 10.1. The smallest absolute Gasteiger partial charge is 0.314 e. The zero-order chi connectivity index (χ0) is 13.2. The Kier molecular flexibility index (Phi) is 5.34. The van der Waals surface area contributed by atoms with Gasteiger partial charge in [-0.3, -0.25) is 0 Å². The highest BCUT2D eigenvalue weighted by Gasteiger charge is 2.30. The van der Waals surface area contributed by atoms with Crippen molar-refractivity contribution in [2.24, 2.45) is 0 Å². The number of nitrogens with zero attached hydrogens (tertiary/aromatic N) is 1. The Balaban J connectivity index is 0.00000180. The van der Waals surface area contributed by atoms with Crippen molar-refractivity contribution in [3.8, 4) is 11.3 Å². The lowest BCUT2D eigenvalue weighted by Crippen LogP contribution is -2.05. The first-order valence-electron chi connectivity index (χ1n) is 5.27. The van der Waals surface area contributed by atoms with Crippen LogP contribution in [0.25, 0.3) is 11.3 Å². The fourth-order valence-electron chi connectivity index (χ4n) is 1.53. The van der Waals surface area contributed by atoms with Gasteiger partial charge in [0.25, 0.3) is 0 Å². The third-order valence-electron chi connectivity index (χ3n) is 2.37. The summed E-state index contributed by atoms with van der Waals surface area (Å²) in [6, 6.07) is 5.21. The van der Waals surface area contributed by atoms with Crippen LogP contribution in [0.15, 0.2) is 29.6 Å². The summed E-state index contributed by atoms with van der Waals surface area (Å²) in [6.45, 7) is 0.615. The van der Waals surface area contributed by atoms with E-state index in [2.05, 4.69) is 10.3 Å². The molecule has 2 nitrogen and oxygen atoms in total. The minimum Gasteiger partial charge on any atom is -0.314 e. The Bertz CT molecular complexity index is 540.